The Bertz CT molecular complexity index is 368. The van der Waals surface area contributed by atoms with E-state index >= 15 is 0 Å². The molecule has 0 radical (unpaired) electrons. The van der Waals surface area contributed by atoms with Crippen LogP contribution in [0.1, 0.15) is 53.4 Å². The van der Waals surface area contributed by atoms with E-state index in [-0.39, 0.29) is 17.4 Å². The van der Waals surface area contributed by atoms with Crippen molar-refractivity contribution >= 4 is 16.9 Å². The Labute approximate surface area is 131 Å². The molecule has 4 unspecified atom stereocenters. The van der Waals surface area contributed by atoms with Crippen LogP contribution in [0.25, 0.3) is 0 Å². The second kappa shape index (κ2) is 8.13. The highest BCUT2D eigenvalue weighted by Crippen LogP contribution is 2.19. The number of carbonyl (C=O) groups is 1. The molecule has 4 atom stereocenters. The fraction of sp³-hybridized carbons (Fsp3) is 0.933. The lowest BCUT2D eigenvalue weighted by atomic mass is 9.91. The summed E-state index contributed by atoms with van der Waals surface area (Å²) in [5.41, 5.74) is -0.461. The van der Waals surface area contributed by atoms with E-state index in [0.29, 0.717) is 6.04 Å². The number of alkyl carbamates (subject to hydrolysis) is 1. The van der Waals surface area contributed by atoms with E-state index in [1.165, 1.54) is 0 Å². The van der Waals surface area contributed by atoms with Gasteiger partial charge in [0, 0.05) is 40.9 Å². The zero-order valence-electron chi connectivity index (χ0n) is 13.9. The average molecular weight is 318 g/mol. The summed E-state index contributed by atoms with van der Waals surface area (Å²) in [5, 5.41) is 6.58. The van der Waals surface area contributed by atoms with Crippen LogP contribution in [0.3, 0.4) is 0 Å². The molecule has 124 valence electrons. The quantitative estimate of drug-likeness (QED) is 0.815. The van der Waals surface area contributed by atoms with Crippen LogP contribution in [0.15, 0.2) is 0 Å². The molecule has 1 aliphatic carbocycles. The molecule has 0 heterocycles. The highest BCUT2D eigenvalue weighted by atomic mass is 32.2. The maximum atomic E-state index is 11.8. The van der Waals surface area contributed by atoms with Gasteiger partial charge in [-0.1, -0.05) is 0 Å². The lowest BCUT2D eigenvalue weighted by Crippen LogP contribution is -2.46. The third-order valence-corrected chi connectivity index (χ3v) is 4.96. The van der Waals surface area contributed by atoms with Crippen molar-refractivity contribution in [1.29, 1.82) is 0 Å². The van der Waals surface area contributed by atoms with Crippen LogP contribution in [0.2, 0.25) is 0 Å². The van der Waals surface area contributed by atoms with Crippen LogP contribution in [0.4, 0.5) is 4.79 Å². The van der Waals surface area contributed by atoms with Crippen LogP contribution >= 0.6 is 0 Å². The lowest BCUT2D eigenvalue weighted by Gasteiger charge is -2.31. The standard InChI is InChI=1S/C15H30N2O3S/c1-11(21(5)19)10-16-12-7-6-8-13(9-12)17-14(18)20-15(2,3)4/h11-13,16H,6-10H2,1-5H3,(H,17,18). The van der Waals surface area contributed by atoms with E-state index in [1.54, 1.807) is 6.26 Å². The van der Waals surface area contributed by atoms with E-state index in [9.17, 15) is 9.00 Å². The molecule has 0 spiro atoms. The highest BCUT2D eigenvalue weighted by molar-refractivity contribution is 7.84. The SMILES string of the molecule is CC(CNC1CCCC(NC(=O)OC(C)(C)C)C1)S(C)=O. The Morgan fingerprint density at radius 3 is 2.52 bits per heavy atom. The maximum absolute atomic E-state index is 11.8. The van der Waals surface area contributed by atoms with Gasteiger partial charge in [0.15, 0.2) is 0 Å². The maximum Gasteiger partial charge on any atom is 0.407 e. The number of carbonyl (C=O) groups excluding carboxylic acids is 1. The molecule has 0 bridgehead atoms. The number of amides is 1. The van der Waals surface area contributed by atoms with Gasteiger partial charge >= 0.3 is 6.09 Å². The van der Waals surface area contributed by atoms with Crippen molar-refractivity contribution in [2.24, 2.45) is 0 Å². The first-order chi connectivity index (χ1) is 9.67. The Kier molecular flexibility index (Phi) is 7.13. The minimum absolute atomic E-state index is 0.157. The van der Waals surface area contributed by atoms with E-state index in [1.807, 2.05) is 27.7 Å². The number of rotatable bonds is 5. The predicted octanol–water partition coefficient (Wildman–Crippen LogP) is 2.18. The van der Waals surface area contributed by atoms with Crippen LogP contribution in [0.5, 0.6) is 0 Å². The van der Waals surface area contributed by atoms with Crippen molar-refractivity contribution in [1.82, 2.24) is 10.6 Å². The third kappa shape index (κ3) is 7.81. The molecule has 5 nitrogen and oxygen atoms in total. The van der Waals surface area contributed by atoms with Crippen molar-refractivity contribution < 1.29 is 13.7 Å². The van der Waals surface area contributed by atoms with Crippen molar-refractivity contribution in [2.45, 2.75) is 76.3 Å². The molecule has 0 aromatic rings. The molecule has 1 aliphatic rings. The van der Waals surface area contributed by atoms with Gasteiger partial charge in [0.2, 0.25) is 0 Å². The van der Waals surface area contributed by atoms with Crippen LogP contribution < -0.4 is 10.6 Å². The molecule has 1 rings (SSSR count). The third-order valence-electron chi connectivity index (χ3n) is 3.66. The van der Waals surface area contributed by atoms with Crippen molar-refractivity contribution in [3.8, 4) is 0 Å². The summed E-state index contributed by atoms with van der Waals surface area (Å²) >= 11 is 0. The summed E-state index contributed by atoms with van der Waals surface area (Å²) in [4.78, 5) is 11.8. The molecular formula is C15H30N2O3S. The molecular weight excluding hydrogens is 288 g/mol. The van der Waals surface area contributed by atoms with Crippen LogP contribution in [-0.2, 0) is 15.5 Å². The van der Waals surface area contributed by atoms with Crippen molar-refractivity contribution in [2.75, 3.05) is 12.8 Å². The number of hydrogen-bond acceptors (Lipinski definition) is 4. The van der Waals surface area contributed by atoms with Gasteiger partial charge in [0.25, 0.3) is 0 Å². The average Bonchev–Trinajstić information content (AvgIpc) is 2.33. The topological polar surface area (TPSA) is 67.4 Å². The Morgan fingerprint density at radius 2 is 1.95 bits per heavy atom. The number of ether oxygens (including phenoxy) is 1. The van der Waals surface area contributed by atoms with Crippen LogP contribution in [-0.4, -0.2) is 46.0 Å². The molecule has 1 saturated carbocycles. The normalized spacial score (nSPS) is 26.0. The molecule has 6 heteroatoms. The largest absolute Gasteiger partial charge is 0.444 e. The molecule has 0 aromatic heterocycles. The summed E-state index contributed by atoms with van der Waals surface area (Å²) in [6, 6.07) is 0.540. The van der Waals surface area contributed by atoms with E-state index in [2.05, 4.69) is 10.6 Å². The Hall–Kier alpha value is -0.620. The van der Waals surface area contributed by atoms with Crippen molar-refractivity contribution in [3.05, 3.63) is 0 Å². The Balaban J connectivity index is 2.35. The zero-order chi connectivity index (χ0) is 16.0. The van der Waals surface area contributed by atoms with Gasteiger partial charge in [0.05, 0.1) is 0 Å². The first-order valence-electron chi connectivity index (χ1n) is 7.72. The molecule has 1 amide bonds. The van der Waals surface area contributed by atoms with E-state index < -0.39 is 16.4 Å². The first kappa shape index (κ1) is 18.4. The second-order valence-electron chi connectivity index (χ2n) is 6.92. The van der Waals surface area contributed by atoms with Gasteiger partial charge in [-0.2, -0.15) is 0 Å². The zero-order valence-corrected chi connectivity index (χ0v) is 14.7. The molecule has 1 fully saturated rings. The molecule has 2 N–H and O–H groups in total. The van der Waals surface area contributed by atoms with Crippen molar-refractivity contribution in [3.63, 3.8) is 0 Å². The fourth-order valence-corrected chi connectivity index (χ4v) is 2.76. The van der Waals surface area contributed by atoms with Gasteiger partial charge < -0.3 is 15.4 Å². The Morgan fingerprint density at radius 1 is 1.33 bits per heavy atom. The van der Waals surface area contributed by atoms with E-state index in [0.717, 1.165) is 32.2 Å². The smallest absolute Gasteiger partial charge is 0.407 e. The second-order valence-corrected chi connectivity index (χ2v) is 8.73. The first-order valence-corrected chi connectivity index (χ1v) is 9.34. The molecule has 21 heavy (non-hydrogen) atoms. The molecule has 0 saturated heterocycles. The summed E-state index contributed by atoms with van der Waals surface area (Å²) in [5.74, 6) is 0. The van der Waals surface area contributed by atoms with E-state index in [4.69, 9.17) is 4.74 Å². The van der Waals surface area contributed by atoms with Gasteiger partial charge in [-0.25, -0.2) is 4.79 Å². The van der Waals surface area contributed by atoms with Gasteiger partial charge in [-0.3, -0.25) is 4.21 Å². The predicted molar refractivity (Wildman–Crippen MR) is 86.9 cm³/mol. The van der Waals surface area contributed by atoms with Gasteiger partial charge in [-0.15, -0.1) is 0 Å². The minimum atomic E-state index is -0.796. The minimum Gasteiger partial charge on any atom is -0.444 e. The summed E-state index contributed by atoms with van der Waals surface area (Å²) < 4.78 is 16.7. The summed E-state index contributed by atoms with van der Waals surface area (Å²) in [6.45, 7) is 8.34. The number of nitrogens with one attached hydrogen (secondary N) is 2. The van der Waals surface area contributed by atoms with Crippen LogP contribution in [0, 0.1) is 0 Å². The summed E-state index contributed by atoms with van der Waals surface area (Å²) in [7, 11) is -0.796. The van der Waals surface area contributed by atoms with Gasteiger partial charge in [-0.05, 0) is 53.4 Å². The fourth-order valence-electron chi connectivity index (χ4n) is 2.43. The highest BCUT2D eigenvalue weighted by Gasteiger charge is 2.25. The monoisotopic (exact) mass is 318 g/mol. The van der Waals surface area contributed by atoms with Gasteiger partial charge in [0.1, 0.15) is 5.60 Å². The molecule has 0 aromatic carbocycles. The summed E-state index contributed by atoms with van der Waals surface area (Å²) in [6.07, 6.45) is 5.49. The number of hydrogen-bond donors (Lipinski definition) is 2. The molecule has 0 aliphatic heterocycles. The lowest BCUT2D eigenvalue weighted by molar-refractivity contribution is 0.0488.